The Kier molecular flexibility index (Phi) is 6.66. The first-order valence-corrected chi connectivity index (χ1v) is 12.3. The Hall–Kier alpha value is -2.99. The van der Waals surface area contributed by atoms with Gasteiger partial charge >= 0.3 is 5.97 Å². The van der Waals surface area contributed by atoms with Gasteiger partial charge in [-0.15, -0.1) is 11.3 Å². The van der Waals surface area contributed by atoms with Gasteiger partial charge in [-0.1, -0.05) is 45.0 Å². The molecule has 0 spiro atoms. The molecule has 1 unspecified atom stereocenters. The second-order valence-electron chi connectivity index (χ2n) is 9.52. The second-order valence-corrected chi connectivity index (χ2v) is 10.5. The molecular weight excluding hydrogens is 432 g/mol. The lowest BCUT2D eigenvalue weighted by molar-refractivity contribution is -0.124. The van der Waals surface area contributed by atoms with Crippen LogP contribution in [0.3, 0.4) is 0 Å². The number of amides is 1. The molecule has 1 aliphatic carbocycles. The van der Waals surface area contributed by atoms with Gasteiger partial charge in [-0.25, -0.2) is 9.78 Å². The van der Waals surface area contributed by atoms with E-state index < -0.39 is 5.97 Å². The zero-order valence-corrected chi connectivity index (χ0v) is 20.4. The monoisotopic (exact) mass is 462 g/mol. The number of fused-ring (bicyclic) bond motifs is 2. The summed E-state index contributed by atoms with van der Waals surface area (Å²) in [7, 11) is 0. The third-order valence-electron chi connectivity index (χ3n) is 6.21. The molecule has 0 radical (unpaired) electrons. The standard InChI is InChI=1S/C27H30N2O3S/c1-5-28-23(30)16-32-26(31)24-20-10-6-7-11-22(20)29-25-17(14-19-9-8-12-33-19)13-18(15-21(24)25)27(2,3)4/h6-12,14,18H,5,13,15-16H2,1-4H3,(H,28,30). The zero-order chi connectivity index (χ0) is 23.6. The van der Waals surface area contributed by atoms with E-state index in [1.807, 2.05) is 37.3 Å². The summed E-state index contributed by atoms with van der Waals surface area (Å²) in [5, 5.41) is 5.50. The quantitative estimate of drug-likeness (QED) is 0.491. The summed E-state index contributed by atoms with van der Waals surface area (Å²) in [6, 6.07) is 11.8. The molecule has 0 fully saturated rings. The predicted molar refractivity (Wildman–Crippen MR) is 134 cm³/mol. The molecule has 0 saturated carbocycles. The van der Waals surface area contributed by atoms with E-state index in [9.17, 15) is 9.59 Å². The average Bonchev–Trinajstić information content (AvgIpc) is 3.28. The molecule has 4 rings (SSSR count). The highest BCUT2D eigenvalue weighted by atomic mass is 32.1. The lowest BCUT2D eigenvalue weighted by Gasteiger charge is -2.36. The fourth-order valence-electron chi connectivity index (χ4n) is 4.37. The van der Waals surface area contributed by atoms with Crippen molar-refractivity contribution in [3.8, 4) is 0 Å². The third kappa shape index (κ3) is 5.01. The molecule has 172 valence electrons. The molecule has 3 aromatic rings. The van der Waals surface area contributed by atoms with E-state index in [1.54, 1.807) is 11.3 Å². The van der Waals surface area contributed by atoms with Gasteiger partial charge < -0.3 is 10.1 Å². The van der Waals surface area contributed by atoms with Crippen LogP contribution in [-0.4, -0.2) is 30.0 Å². The summed E-state index contributed by atoms with van der Waals surface area (Å²) in [6.45, 7) is 8.76. The third-order valence-corrected chi connectivity index (χ3v) is 7.03. The molecule has 1 atom stereocenters. The predicted octanol–water partition coefficient (Wildman–Crippen LogP) is 5.74. The molecule has 2 heterocycles. The van der Waals surface area contributed by atoms with Gasteiger partial charge in [0.15, 0.2) is 6.61 Å². The maximum Gasteiger partial charge on any atom is 0.339 e. The van der Waals surface area contributed by atoms with Crippen molar-refractivity contribution in [2.24, 2.45) is 11.3 Å². The van der Waals surface area contributed by atoms with E-state index in [1.165, 1.54) is 4.88 Å². The van der Waals surface area contributed by atoms with Crippen molar-refractivity contribution in [3.63, 3.8) is 0 Å². The first-order valence-electron chi connectivity index (χ1n) is 11.4. The van der Waals surface area contributed by atoms with Gasteiger partial charge in [0.1, 0.15) is 0 Å². The Morgan fingerprint density at radius 3 is 2.67 bits per heavy atom. The molecule has 1 aliphatic rings. The van der Waals surface area contributed by atoms with Crippen molar-refractivity contribution in [3.05, 3.63) is 63.5 Å². The number of thiophene rings is 1. The van der Waals surface area contributed by atoms with Crippen LogP contribution in [0.5, 0.6) is 0 Å². The van der Waals surface area contributed by atoms with Crippen LogP contribution in [0, 0.1) is 11.3 Å². The molecule has 0 aliphatic heterocycles. The van der Waals surface area contributed by atoms with E-state index in [2.05, 4.69) is 43.6 Å². The number of hydrogen-bond donors (Lipinski definition) is 1. The van der Waals surface area contributed by atoms with Gasteiger partial charge in [-0.05, 0) is 65.8 Å². The minimum atomic E-state index is -0.471. The molecule has 0 bridgehead atoms. The summed E-state index contributed by atoms with van der Waals surface area (Å²) < 4.78 is 5.48. The number of aromatic nitrogens is 1. The van der Waals surface area contributed by atoms with Gasteiger partial charge in [0, 0.05) is 16.8 Å². The number of hydrogen-bond acceptors (Lipinski definition) is 5. The maximum absolute atomic E-state index is 13.4. The number of rotatable bonds is 5. The van der Waals surface area contributed by atoms with Crippen LogP contribution in [-0.2, 0) is 16.0 Å². The first kappa shape index (κ1) is 23.2. The van der Waals surface area contributed by atoms with E-state index in [4.69, 9.17) is 9.72 Å². The molecule has 1 N–H and O–H groups in total. The normalized spacial score (nSPS) is 17.1. The van der Waals surface area contributed by atoms with Crippen LogP contribution in [0.2, 0.25) is 0 Å². The van der Waals surface area contributed by atoms with Crippen LogP contribution >= 0.6 is 11.3 Å². The van der Waals surface area contributed by atoms with Crippen molar-refractivity contribution in [1.29, 1.82) is 0 Å². The maximum atomic E-state index is 13.4. The van der Waals surface area contributed by atoms with E-state index in [0.29, 0.717) is 18.0 Å². The van der Waals surface area contributed by atoms with Crippen LogP contribution in [0.4, 0.5) is 0 Å². The van der Waals surface area contributed by atoms with Crippen molar-refractivity contribution in [2.75, 3.05) is 13.2 Å². The van der Waals surface area contributed by atoms with E-state index >= 15 is 0 Å². The Morgan fingerprint density at radius 2 is 1.97 bits per heavy atom. The highest BCUT2D eigenvalue weighted by Crippen LogP contribution is 2.45. The minimum Gasteiger partial charge on any atom is -0.452 e. The fraction of sp³-hybridized carbons (Fsp3) is 0.370. The van der Waals surface area contributed by atoms with Gasteiger partial charge in [-0.3, -0.25) is 4.79 Å². The second kappa shape index (κ2) is 9.48. The van der Waals surface area contributed by atoms with Gasteiger partial charge in [0.2, 0.25) is 0 Å². The highest BCUT2D eigenvalue weighted by Gasteiger charge is 2.35. The van der Waals surface area contributed by atoms with Crippen LogP contribution in [0.1, 0.15) is 60.6 Å². The Balaban J connectivity index is 1.87. The van der Waals surface area contributed by atoms with Crippen molar-refractivity contribution in [1.82, 2.24) is 10.3 Å². The van der Waals surface area contributed by atoms with E-state index in [0.717, 1.165) is 40.6 Å². The van der Waals surface area contributed by atoms with Gasteiger partial charge in [-0.2, -0.15) is 0 Å². The van der Waals surface area contributed by atoms with E-state index in [-0.39, 0.29) is 17.9 Å². The SMILES string of the molecule is CCNC(=O)COC(=O)c1c2c(nc3ccccc13)C(=Cc1cccs1)CC(C(C)(C)C)C2. The lowest BCUT2D eigenvalue weighted by Crippen LogP contribution is -2.30. The van der Waals surface area contributed by atoms with Crippen molar-refractivity contribution in [2.45, 2.75) is 40.5 Å². The minimum absolute atomic E-state index is 0.0556. The number of ether oxygens (including phenoxy) is 1. The summed E-state index contributed by atoms with van der Waals surface area (Å²) >= 11 is 1.69. The van der Waals surface area contributed by atoms with Crippen LogP contribution in [0.15, 0.2) is 41.8 Å². The number of pyridine rings is 1. The van der Waals surface area contributed by atoms with Gasteiger partial charge in [0.05, 0.1) is 16.8 Å². The van der Waals surface area contributed by atoms with Crippen LogP contribution in [0.25, 0.3) is 22.6 Å². The smallest absolute Gasteiger partial charge is 0.339 e. The largest absolute Gasteiger partial charge is 0.452 e. The molecule has 5 nitrogen and oxygen atoms in total. The molecule has 0 saturated heterocycles. The molecule has 1 aromatic carbocycles. The fourth-order valence-corrected chi connectivity index (χ4v) is 5.05. The summed E-state index contributed by atoms with van der Waals surface area (Å²) in [6.07, 6.45) is 3.84. The highest BCUT2D eigenvalue weighted by molar-refractivity contribution is 7.10. The Labute approximate surface area is 198 Å². The number of benzene rings is 1. The zero-order valence-electron chi connectivity index (χ0n) is 19.6. The number of carbonyl (C=O) groups is 2. The summed E-state index contributed by atoms with van der Waals surface area (Å²) in [5.74, 6) is -0.431. The first-order chi connectivity index (χ1) is 15.8. The molecule has 2 aromatic heterocycles. The van der Waals surface area contributed by atoms with Crippen molar-refractivity contribution < 1.29 is 14.3 Å². The van der Waals surface area contributed by atoms with Gasteiger partial charge in [0.25, 0.3) is 5.91 Å². The van der Waals surface area contributed by atoms with Crippen LogP contribution < -0.4 is 5.32 Å². The average molecular weight is 463 g/mol. The number of carbonyl (C=O) groups excluding carboxylic acids is 2. The number of nitrogens with one attached hydrogen (secondary N) is 1. The molecule has 1 amide bonds. The summed E-state index contributed by atoms with van der Waals surface area (Å²) in [4.78, 5) is 31.5. The summed E-state index contributed by atoms with van der Waals surface area (Å²) in [5.41, 5.74) is 4.27. The number of allylic oxidation sites excluding steroid dienone is 1. The number of esters is 1. The Morgan fingerprint density at radius 1 is 1.18 bits per heavy atom. The molecular formula is C27H30N2O3S. The molecule has 6 heteroatoms. The number of likely N-dealkylation sites (N-methyl/N-ethyl adjacent to an activating group) is 1. The Bertz CT molecular complexity index is 1210. The number of para-hydroxylation sites is 1. The molecule has 33 heavy (non-hydrogen) atoms. The lowest BCUT2D eigenvalue weighted by atomic mass is 9.69. The number of nitrogens with zero attached hydrogens (tertiary/aromatic N) is 1. The van der Waals surface area contributed by atoms with Crippen molar-refractivity contribution >= 4 is 45.8 Å². The topological polar surface area (TPSA) is 68.3 Å².